The predicted molar refractivity (Wildman–Crippen MR) is 141 cm³/mol. The van der Waals surface area contributed by atoms with Crippen molar-refractivity contribution in [2.45, 2.75) is 18.8 Å². The monoisotopic (exact) mass is 587 g/mol. The summed E-state index contributed by atoms with van der Waals surface area (Å²) in [6, 6.07) is 12.5. The van der Waals surface area contributed by atoms with Crippen LogP contribution in [0, 0.1) is 5.92 Å². The number of nitrogens with zero attached hydrogens (tertiary/aromatic N) is 2. The average molecular weight is 587 g/mol. The first-order chi connectivity index (χ1) is 19.8. The molecule has 0 radical (unpaired) electrons. The Bertz CT molecular complexity index is 1690. The van der Waals surface area contributed by atoms with Gasteiger partial charge in [0.25, 0.3) is 5.91 Å². The third-order valence-electron chi connectivity index (χ3n) is 6.74. The highest BCUT2D eigenvalue weighted by atomic mass is 19.4. The third kappa shape index (κ3) is 5.32. The number of aromatic carboxylic acids is 1. The minimum Gasteiger partial charge on any atom is -0.505 e. The lowest BCUT2D eigenvalue weighted by atomic mass is 9.96. The smallest absolute Gasteiger partial charge is 0.416 e. The first kappa shape index (κ1) is 28.5. The number of phenols is 1. The summed E-state index contributed by atoms with van der Waals surface area (Å²) in [5.74, 6) is -4.46. The summed E-state index contributed by atoms with van der Waals surface area (Å²) in [5, 5.41) is 24.2. The van der Waals surface area contributed by atoms with Crippen molar-refractivity contribution in [3.8, 4) is 16.9 Å². The van der Waals surface area contributed by atoms with Gasteiger partial charge in [-0.3, -0.25) is 15.1 Å². The highest BCUT2D eigenvalue weighted by molar-refractivity contribution is 6.55. The number of carbonyl (C=O) groups excluding carboxylic acids is 1. The van der Waals surface area contributed by atoms with Gasteiger partial charge in [0.15, 0.2) is 5.71 Å². The van der Waals surface area contributed by atoms with E-state index in [-0.39, 0.29) is 39.5 Å². The lowest BCUT2D eigenvalue weighted by Crippen LogP contribution is -2.33. The van der Waals surface area contributed by atoms with E-state index in [1.807, 2.05) is 0 Å². The summed E-state index contributed by atoms with van der Waals surface area (Å²) >= 11 is 0. The number of aromatic hydroxyl groups is 1. The van der Waals surface area contributed by atoms with Gasteiger partial charge in [0.1, 0.15) is 5.75 Å². The van der Waals surface area contributed by atoms with Crippen molar-refractivity contribution in [1.29, 1.82) is 0 Å². The summed E-state index contributed by atoms with van der Waals surface area (Å²) in [7, 11) is 0. The van der Waals surface area contributed by atoms with Crippen molar-refractivity contribution >= 4 is 29.0 Å². The van der Waals surface area contributed by atoms with E-state index in [2.05, 4.69) is 10.5 Å². The number of carboxylic acids is 1. The molecule has 1 unspecified atom stereocenters. The lowest BCUT2D eigenvalue weighted by molar-refractivity contribution is -0.161. The van der Waals surface area contributed by atoms with Gasteiger partial charge in [-0.1, -0.05) is 36.4 Å². The minimum absolute atomic E-state index is 0.0302. The fraction of sp³-hybridized carbons (Fsp3) is 0.138. The Morgan fingerprint density at radius 2 is 1.71 bits per heavy atom. The number of phenolic OH excluding ortho intramolecular Hbond substituents is 1. The van der Waals surface area contributed by atoms with Crippen LogP contribution in [-0.4, -0.2) is 34.0 Å². The van der Waals surface area contributed by atoms with Gasteiger partial charge in [-0.25, -0.2) is 4.79 Å². The zero-order valence-corrected chi connectivity index (χ0v) is 21.2. The second-order valence-electron chi connectivity index (χ2n) is 9.43. The topological polar surface area (TPSA) is 102 Å². The van der Waals surface area contributed by atoms with Gasteiger partial charge in [-0.05, 0) is 48.0 Å². The van der Waals surface area contributed by atoms with E-state index in [1.54, 1.807) is 6.07 Å². The molecule has 0 aromatic heterocycles. The average Bonchev–Trinajstić information content (AvgIpc) is 3.22. The van der Waals surface area contributed by atoms with Crippen LogP contribution in [0.5, 0.6) is 5.75 Å². The van der Waals surface area contributed by atoms with Gasteiger partial charge in [-0.2, -0.15) is 31.4 Å². The Kier molecular flexibility index (Phi) is 7.05. The van der Waals surface area contributed by atoms with E-state index >= 15 is 0 Å². The Hall–Kier alpha value is -5.07. The van der Waals surface area contributed by atoms with Gasteiger partial charge in [0.05, 0.1) is 28.4 Å². The highest BCUT2D eigenvalue weighted by Crippen LogP contribution is 2.43. The fourth-order valence-corrected chi connectivity index (χ4v) is 4.67. The van der Waals surface area contributed by atoms with Crippen molar-refractivity contribution in [3.05, 3.63) is 101 Å². The molecule has 5 rings (SSSR count). The van der Waals surface area contributed by atoms with Gasteiger partial charge in [-0.15, -0.1) is 0 Å². The van der Waals surface area contributed by atoms with Gasteiger partial charge in [0, 0.05) is 23.2 Å². The summed E-state index contributed by atoms with van der Waals surface area (Å²) < 4.78 is 80.9. The van der Waals surface area contributed by atoms with Crippen LogP contribution < -0.4 is 10.3 Å². The van der Waals surface area contributed by atoms with Crippen LogP contribution in [0.3, 0.4) is 0 Å². The molecule has 0 saturated heterocycles. The summed E-state index contributed by atoms with van der Waals surface area (Å²) in [6.45, 7) is 0. The maximum atomic E-state index is 13.5. The number of fused-ring (bicyclic) bond motifs is 1. The number of nitrogens with one attached hydrogen (secondary N) is 1. The summed E-state index contributed by atoms with van der Waals surface area (Å²) in [4.78, 5) is 25.6. The number of rotatable bonds is 5. The molecule has 3 N–H and O–H groups in total. The number of hydrogen-bond donors (Lipinski definition) is 3. The number of allylic oxidation sites excluding steroid dienone is 4. The zero-order valence-electron chi connectivity index (χ0n) is 21.2. The quantitative estimate of drug-likeness (QED) is 0.170. The first-order valence-corrected chi connectivity index (χ1v) is 12.2. The second-order valence-corrected chi connectivity index (χ2v) is 9.43. The van der Waals surface area contributed by atoms with Crippen LogP contribution in [0.1, 0.15) is 27.9 Å². The molecule has 1 heterocycles. The number of carbonyl (C=O) groups is 2. The SMILES string of the molecule is O=C(O)c1cccc(-c2cccc(N/N=C3\C(=O)N(C4=CC=CC(C(F)(F)F)C4)c4cc(C(F)(F)F)ccc43)c2O)c1. The second kappa shape index (κ2) is 10.4. The van der Waals surface area contributed by atoms with E-state index in [1.165, 1.54) is 42.5 Å². The van der Waals surface area contributed by atoms with Crippen LogP contribution in [0.4, 0.5) is 37.7 Å². The number of anilines is 2. The fourth-order valence-electron chi connectivity index (χ4n) is 4.67. The summed E-state index contributed by atoms with van der Waals surface area (Å²) in [5.41, 5.74) is 0.999. The molecular weight excluding hydrogens is 568 g/mol. The standard InChI is InChI=1S/C29H19F6N3O4/c30-28(31,32)17-6-2-7-19(13-17)38-23-14-18(29(33,34)35)10-11-21(23)24(26(38)40)37-36-22-9-3-8-20(25(22)39)15-4-1-5-16(12-15)27(41)42/h1-12,14,17,36,39H,13H2,(H,41,42)/b37-24-. The molecule has 13 heteroatoms. The highest BCUT2D eigenvalue weighted by Gasteiger charge is 2.44. The maximum absolute atomic E-state index is 13.5. The van der Waals surface area contributed by atoms with Crippen LogP contribution in [0.15, 0.2) is 89.7 Å². The van der Waals surface area contributed by atoms with Crippen LogP contribution in [0.2, 0.25) is 0 Å². The summed E-state index contributed by atoms with van der Waals surface area (Å²) in [6.07, 6.45) is -6.90. The Labute approximate surface area is 233 Å². The van der Waals surface area contributed by atoms with E-state index in [4.69, 9.17) is 0 Å². The molecule has 1 aliphatic carbocycles. The Morgan fingerprint density at radius 3 is 2.40 bits per heavy atom. The molecule has 42 heavy (non-hydrogen) atoms. The molecule has 1 atom stereocenters. The molecule has 2 aliphatic rings. The van der Waals surface area contributed by atoms with Crippen molar-refractivity contribution < 1.29 is 46.1 Å². The van der Waals surface area contributed by atoms with E-state index in [0.717, 1.165) is 29.2 Å². The predicted octanol–water partition coefficient (Wildman–Crippen LogP) is 6.96. The van der Waals surface area contributed by atoms with E-state index < -0.39 is 47.8 Å². The van der Waals surface area contributed by atoms with Gasteiger partial charge in [0.2, 0.25) is 0 Å². The Morgan fingerprint density at radius 1 is 0.976 bits per heavy atom. The zero-order chi connectivity index (χ0) is 30.4. The van der Waals surface area contributed by atoms with Crippen LogP contribution in [0.25, 0.3) is 11.1 Å². The van der Waals surface area contributed by atoms with Crippen molar-refractivity contribution in [3.63, 3.8) is 0 Å². The first-order valence-electron chi connectivity index (χ1n) is 12.2. The molecule has 0 fully saturated rings. The normalized spacial score (nSPS) is 17.8. The molecule has 7 nitrogen and oxygen atoms in total. The molecule has 3 aromatic carbocycles. The van der Waals surface area contributed by atoms with E-state index in [0.29, 0.717) is 11.6 Å². The molecule has 3 aromatic rings. The van der Waals surface area contributed by atoms with Crippen molar-refractivity contribution in [2.24, 2.45) is 11.0 Å². The molecule has 216 valence electrons. The number of hydrogen-bond acceptors (Lipinski definition) is 5. The van der Waals surface area contributed by atoms with E-state index in [9.17, 15) is 46.1 Å². The number of carboxylic acid groups (broad SMARTS) is 1. The van der Waals surface area contributed by atoms with Crippen molar-refractivity contribution in [2.75, 3.05) is 10.3 Å². The number of halogens is 6. The molecule has 0 bridgehead atoms. The van der Waals surface area contributed by atoms with Crippen LogP contribution in [-0.2, 0) is 11.0 Å². The molecule has 0 spiro atoms. The number of amides is 1. The number of alkyl halides is 6. The molecule has 0 saturated carbocycles. The number of benzene rings is 3. The third-order valence-corrected chi connectivity index (χ3v) is 6.74. The largest absolute Gasteiger partial charge is 0.505 e. The minimum atomic E-state index is -4.79. The number of hydrazone groups is 1. The lowest BCUT2D eigenvalue weighted by Gasteiger charge is -2.27. The Balaban J connectivity index is 1.54. The van der Waals surface area contributed by atoms with Gasteiger partial charge < -0.3 is 10.2 Å². The molecule has 1 aliphatic heterocycles. The van der Waals surface area contributed by atoms with Crippen LogP contribution >= 0.6 is 0 Å². The number of para-hydroxylation sites is 1. The molecule has 1 amide bonds. The maximum Gasteiger partial charge on any atom is 0.416 e. The van der Waals surface area contributed by atoms with Gasteiger partial charge >= 0.3 is 18.3 Å². The van der Waals surface area contributed by atoms with Crippen molar-refractivity contribution in [1.82, 2.24) is 0 Å². The molecular formula is C29H19F6N3O4.